The maximum atomic E-state index is 13.4. The lowest BCUT2D eigenvalue weighted by atomic mass is 10.1. The van der Waals surface area contributed by atoms with Gasteiger partial charge in [-0.15, -0.1) is 0 Å². The van der Waals surface area contributed by atoms with E-state index in [0.717, 1.165) is 12.1 Å². The molecule has 98 valence electrons. The van der Waals surface area contributed by atoms with E-state index in [1.165, 1.54) is 6.07 Å². The van der Waals surface area contributed by atoms with Gasteiger partial charge in [-0.05, 0) is 18.6 Å². The van der Waals surface area contributed by atoms with Gasteiger partial charge in [-0.2, -0.15) is 0 Å². The van der Waals surface area contributed by atoms with E-state index in [1.807, 2.05) is 0 Å². The average Bonchev–Trinajstić information content (AvgIpc) is 2.28. The predicted molar refractivity (Wildman–Crippen MR) is 61.9 cm³/mol. The molecule has 5 nitrogen and oxygen atoms in total. The number of aromatic hydroxyl groups is 1. The van der Waals surface area contributed by atoms with Gasteiger partial charge in [0, 0.05) is 0 Å². The summed E-state index contributed by atoms with van der Waals surface area (Å²) in [5.74, 6) is -3.55. The Kier molecular flexibility index (Phi) is 4.65. The van der Waals surface area contributed by atoms with Crippen molar-refractivity contribution >= 4 is 11.9 Å². The largest absolute Gasteiger partial charge is 0.507 e. The summed E-state index contributed by atoms with van der Waals surface area (Å²) in [6.07, 6.45) is 0.788. The Hall–Kier alpha value is -2.11. The summed E-state index contributed by atoms with van der Waals surface area (Å²) in [5.41, 5.74) is -0.542. The zero-order chi connectivity index (χ0) is 13.7. The second-order valence-corrected chi connectivity index (χ2v) is 3.79. The highest BCUT2D eigenvalue weighted by Gasteiger charge is 2.23. The Morgan fingerprint density at radius 3 is 2.61 bits per heavy atom. The first-order chi connectivity index (χ1) is 8.47. The van der Waals surface area contributed by atoms with E-state index in [9.17, 15) is 19.1 Å². The number of carbonyl (C=O) groups excluding carboxylic acids is 1. The Bertz CT molecular complexity index is 441. The van der Waals surface area contributed by atoms with Crippen molar-refractivity contribution < 1.29 is 24.2 Å². The van der Waals surface area contributed by atoms with Gasteiger partial charge in [0.15, 0.2) is 0 Å². The number of carboxylic acid groups (broad SMARTS) is 1. The van der Waals surface area contributed by atoms with Crippen LogP contribution in [0.1, 0.15) is 30.1 Å². The number of halogens is 1. The summed E-state index contributed by atoms with van der Waals surface area (Å²) in [6, 6.07) is 2.33. The Morgan fingerprint density at radius 1 is 1.44 bits per heavy atom. The van der Waals surface area contributed by atoms with E-state index >= 15 is 0 Å². The molecule has 1 aromatic rings. The molecule has 0 aliphatic carbocycles. The number of aliphatic carboxylic acids is 1. The van der Waals surface area contributed by atoms with Gasteiger partial charge in [-0.25, -0.2) is 9.18 Å². The molecule has 0 unspecified atom stereocenters. The van der Waals surface area contributed by atoms with E-state index in [-0.39, 0.29) is 6.42 Å². The molecule has 0 aliphatic heterocycles. The van der Waals surface area contributed by atoms with Crippen LogP contribution < -0.4 is 5.32 Å². The van der Waals surface area contributed by atoms with Crippen LogP contribution in [0.25, 0.3) is 0 Å². The van der Waals surface area contributed by atoms with Crippen molar-refractivity contribution in [2.24, 2.45) is 0 Å². The summed E-state index contributed by atoms with van der Waals surface area (Å²) >= 11 is 0. The Labute approximate surface area is 103 Å². The molecule has 1 aromatic carbocycles. The van der Waals surface area contributed by atoms with Crippen LogP contribution in [0, 0.1) is 5.82 Å². The second-order valence-electron chi connectivity index (χ2n) is 3.79. The molecule has 0 heterocycles. The molecular formula is C12H14FNO4. The SMILES string of the molecule is CCC[C@H](NC(=O)c1c(O)cccc1F)C(=O)O. The summed E-state index contributed by atoms with van der Waals surface area (Å²) in [6.45, 7) is 1.77. The summed E-state index contributed by atoms with van der Waals surface area (Å²) in [7, 11) is 0. The van der Waals surface area contributed by atoms with Gasteiger partial charge in [-0.3, -0.25) is 4.79 Å². The van der Waals surface area contributed by atoms with E-state index in [0.29, 0.717) is 6.42 Å². The molecule has 0 aliphatic rings. The first-order valence-electron chi connectivity index (χ1n) is 5.48. The van der Waals surface area contributed by atoms with Gasteiger partial charge in [-0.1, -0.05) is 19.4 Å². The van der Waals surface area contributed by atoms with Crippen molar-refractivity contribution in [3.63, 3.8) is 0 Å². The lowest BCUT2D eigenvalue weighted by Crippen LogP contribution is -2.41. The van der Waals surface area contributed by atoms with Gasteiger partial charge < -0.3 is 15.5 Å². The quantitative estimate of drug-likeness (QED) is 0.744. The van der Waals surface area contributed by atoms with Gasteiger partial charge >= 0.3 is 5.97 Å². The third kappa shape index (κ3) is 3.19. The van der Waals surface area contributed by atoms with Gasteiger partial charge in [0.1, 0.15) is 23.2 Å². The van der Waals surface area contributed by atoms with Crippen molar-refractivity contribution in [3.8, 4) is 5.75 Å². The third-order valence-corrected chi connectivity index (χ3v) is 2.40. The van der Waals surface area contributed by atoms with Crippen LogP contribution in [0.15, 0.2) is 18.2 Å². The average molecular weight is 255 g/mol. The highest BCUT2D eigenvalue weighted by atomic mass is 19.1. The minimum Gasteiger partial charge on any atom is -0.507 e. The molecule has 1 rings (SSSR count). The molecule has 0 saturated carbocycles. The fourth-order valence-corrected chi connectivity index (χ4v) is 1.51. The van der Waals surface area contributed by atoms with Crippen molar-refractivity contribution in [2.75, 3.05) is 0 Å². The van der Waals surface area contributed by atoms with Crippen molar-refractivity contribution in [1.29, 1.82) is 0 Å². The van der Waals surface area contributed by atoms with Gasteiger partial charge in [0.25, 0.3) is 5.91 Å². The maximum Gasteiger partial charge on any atom is 0.326 e. The molecular weight excluding hydrogens is 241 g/mol. The van der Waals surface area contributed by atoms with Crippen molar-refractivity contribution in [2.45, 2.75) is 25.8 Å². The molecule has 0 aromatic heterocycles. The highest BCUT2D eigenvalue weighted by molar-refractivity contribution is 5.99. The lowest BCUT2D eigenvalue weighted by molar-refractivity contribution is -0.139. The van der Waals surface area contributed by atoms with Crippen LogP contribution in [-0.4, -0.2) is 28.1 Å². The molecule has 0 saturated heterocycles. The lowest BCUT2D eigenvalue weighted by Gasteiger charge is -2.14. The predicted octanol–water partition coefficient (Wildman–Crippen LogP) is 1.51. The molecule has 18 heavy (non-hydrogen) atoms. The molecule has 0 radical (unpaired) electrons. The third-order valence-electron chi connectivity index (χ3n) is 2.40. The Balaban J connectivity index is 2.90. The fourth-order valence-electron chi connectivity index (χ4n) is 1.51. The van der Waals surface area contributed by atoms with Crippen LogP contribution in [0.3, 0.4) is 0 Å². The minimum atomic E-state index is -1.19. The number of benzene rings is 1. The minimum absolute atomic E-state index is 0.232. The topological polar surface area (TPSA) is 86.6 Å². The van der Waals surface area contributed by atoms with Crippen LogP contribution >= 0.6 is 0 Å². The van der Waals surface area contributed by atoms with Crippen LogP contribution in [-0.2, 0) is 4.79 Å². The number of hydrogen-bond donors (Lipinski definition) is 3. The summed E-state index contributed by atoms with van der Waals surface area (Å²) in [4.78, 5) is 22.6. The molecule has 0 bridgehead atoms. The molecule has 1 amide bonds. The van der Waals surface area contributed by atoms with Crippen LogP contribution in [0.5, 0.6) is 5.75 Å². The monoisotopic (exact) mass is 255 g/mol. The van der Waals surface area contributed by atoms with E-state index < -0.39 is 35.0 Å². The maximum absolute atomic E-state index is 13.4. The zero-order valence-electron chi connectivity index (χ0n) is 9.81. The molecule has 3 N–H and O–H groups in total. The van der Waals surface area contributed by atoms with Crippen LogP contribution in [0.2, 0.25) is 0 Å². The van der Waals surface area contributed by atoms with Crippen molar-refractivity contribution in [1.82, 2.24) is 5.32 Å². The smallest absolute Gasteiger partial charge is 0.326 e. The standard InChI is InChI=1S/C12H14FNO4/c1-2-4-8(12(17)18)14-11(16)10-7(13)5-3-6-9(10)15/h3,5-6,8,15H,2,4H2,1H3,(H,14,16)(H,17,18)/t8-/m0/s1. The Morgan fingerprint density at radius 2 is 2.11 bits per heavy atom. The highest BCUT2D eigenvalue weighted by Crippen LogP contribution is 2.19. The second kappa shape index (κ2) is 6.00. The number of hydrogen-bond acceptors (Lipinski definition) is 3. The van der Waals surface area contributed by atoms with Gasteiger partial charge in [0.05, 0.1) is 0 Å². The zero-order valence-corrected chi connectivity index (χ0v) is 9.81. The van der Waals surface area contributed by atoms with Crippen molar-refractivity contribution in [3.05, 3.63) is 29.6 Å². The van der Waals surface area contributed by atoms with Crippen LogP contribution in [0.4, 0.5) is 4.39 Å². The summed E-state index contributed by atoms with van der Waals surface area (Å²) in [5, 5.41) is 20.4. The number of nitrogens with one attached hydrogen (secondary N) is 1. The number of phenolic OH excluding ortho intramolecular Hbond substituents is 1. The van der Waals surface area contributed by atoms with E-state index in [1.54, 1.807) is 6.92 Å². The fraction of sp³-hybridized carbons (Fsp3) is 0.333. The number of carboxylic acids is 1. The first kappa shape index (κ1) is 14.0. The molecule has 0 fully saturated rings. The van der Waals surface area contributed by atoms with E-state index in [2.05, 4.69) is 5.32 Å². The number of amides is 1. The summed E-state index contributed by atoms with van der Waals surface area (Å²) < 4.78 is 13.4. The molecule has 1 atom stereocenters. The molecule has 0 spiro atoms. The number of rotatable bonds is 5. The van der Waals surface area contributed by atoms with Gasteiger partial charge in [0.2, 0.25) is 0 Å². The molecule has 6 heteroatoms. The number of phenols is 1. The van der Waals surface area contributed by atoms with E-state index in [4.69, 9.17) is 5.11 Å². The number of carbonyl (C=O) groups is 2. The first-order valence-corrected chi connectivity index (χ1v) is 5.48. The normalized spacial score (nSPS) is 11.9.